The van der Waals surface area contributed by atoms with E-state index >= 15 is 0 Å². The van der Waals surface area contributed by atoms with Crippen LogP contribution in [0.2, 0.25) is 0 Å². The molecular weight excluding hydrogens is 246 g/mol. The van der Waals surface area contributed by atoms with Gasteiger partial charge >= 0.3 is 0 Å². The normalized spacial score (nSPS) is 21.8. The van der Waals surface area contributed by atoms with Crippen molar-refractivity contribution in [2.24, 2.45) is 11.3 Å². The van der Waals surface area contributed by atoms with E-state index in [-0.39, 0.29) is 17.2 Å². The lowest BCUT2D eigenvalue weighted by Crippen LogP contribution is -2.31. The fourth-order valence-corrected chi connectivity index (χ4v) is 3.02. The number of hydrogen-bond donors (Lipinski definition) is 1. The van der Waals surface area contributed by atoms with Gasteiger partial charge in [0.2, 0.25) is 5.91 Å². The number of halogens is 1. The standard InChI is InChI=1S/C15H20ClNO/c1-15(2)9-5-7-12(15)14(18)17-13-8-4-3-6-11(13)10-16/h3-4,6,8,12H,5,7,9-10H2,1-2H3,(H,17,18). The molecule has 0 radical (unpaired) electrons. The lowest BCUT2D eigenvalue weighted by molar-refractivity contribution is -0.122. The molecule has 0 saturated heterocycles. The third kappa shape index (κ3) is 2.69. The third-order valence-corrected chi connectivity index (χ3v) is 4.28. The summed E-state index contributed by atoms with van der Waals surface area (Å²) >= 11 is 5.88. The number of carbonyl (C=O) groups excluding carboxylic acids is 1. The molecule has 3 heteroatoms. The van der Waals surface area contributed by atoms with E-state index in [0.29, 0.717) is 5.88 Å². The fraction of sp³-hybridized carbons (Fsp3) is 0.533. The van der Waals surface area contributed by atoms with Crippen molar-refractivity contribution >= 4 is 23.2 Å². The van der Waals surface area contributed by atoms with Crippen molar-refractivity contribution in [2.45, 2.75) is 39.0 Å². The Morgan fingerprint density at radius 1 is 1.44 bits per heavy atom. The number of nitrogens with one attached hydrogen (secondary N) is 1. The van der Waals surface area contributed by atoms with Gasteiger partial charge < -0.3 is 5.32 Å². The van der Waals surface area contributed by atoms with Crippen LogP contribution >= 0.6 is 11.6 Å². The van der Waals surface area contributed by atoms with Gasteiger partial charge in [-0.2, -0.15) is 0 Å². The first-order valence-corrected chi connectivity index (χ1v) is 7.03. The van der Waals surface area contributed by atoms with Crippen LogP contribution in [-0.2, 0) is 10.7 Å². The molecule has 1 aromatic rings. The van der Waals surface area contributed by atoms with E-state index in [1.54, 1.807) is 0 Å². The van der Waals surface area contributed by atoms with Crippen LogP contribution < -0.4 is 5.32 Å². The quantitative estimate of drug-likeness (QED) is 0.816. The van der Waals surface area contributed by atoms with Gasteiger partial charge in [-0.1, -0.05) is 38.5 Å². The van der Waals surface area contributed by atoms with Crippen molar-refractivity contribution < 1.29 is 4.79 Å². The molecule has 18 heavy (non-hydrogen) atoms. The minimum absolute atomic E-state index is 0.111. The van der Waals surface area contributed by atoms with Gasteiger partial charge in [-0.15, -0.1) is 11.6 Å². The zero-order valence-electron chi connectivity index (χ0n) is 11.0. The average molecular weight is 266 g/mol. The minimum Gasteiger partial charge on any atom is -0.326 e. The first kappa shape index (κ1) is 13.4. The van der Waals surface area contributed by atoms with E-state index in [4.69, 9.17) is 11.6 Å². The van der Waals surface area contributed by atoms with Crippen LogP contribution in [0, 0.1) is 11.3 Å². The molecule has 1 aliphatic carbocycles. The van der Waals surface area contributed by atoms with Crippen LogP contribution in [0.3, 0.4) is 0 Å². The van der Waals surface area contributed by atoms with Crippen molar-refractivity contribution in [1.29, 1.82) is 0 Å². The molecule has 1 N–H and O–H groups in total. The van der Waals surface area contributed by atoms with Crippen molar-refractivity contribution in [3.05, 3.63) is 29.8 Å². The molecule has 1 aromatic carbocycles. The van der Waals surface area contributed by atoms with Gasteiger partial charge in [0.25, 0.3) is 0 Å². The van der Waals surface area contributed by atoms with Crippen molar-refractivity contribution in [3.63, 3.8) is 0 Å². The molecule has 1 aliphatic rings. The predicted molar refractivity (Wildman–Crippen MR) is 75.8 cm³/mol. The first-order valence-electron chi connectivity index (χ1n) is 6.49. The second-order valence-corrected chi connectivity index (χ2v) is 5.98. The lowest BCUT2D eigenvalue weighted by Gasteiger charge is -2.26. The van der Waals surface area contributed by atoms with E-state index < -0.39 is 0 Å². The van der Waals surface area contributed by atoms with Gasteiger partial charge in [0.1, 0.15) is 0 Å². The highest BCUT2D eigenvalue weighted by Crippen LogP contribution is 2.43. The summed E-state index contributed by atoms with van der Waals surface area (Å²) in [5.41, 5.74) is 1.93. The van der Waals surface area contributed by atoms with Crippen LogP contribution in [0.5, 0.6) is 0 Å². The topological polar surface area (TPSA) is 29.1 Å². The maximum Gasteiger partial charge on any atom is 0.228 e. The van der Waals surface area contributed by atoms with Crippen LogP contribution in [-0.4, -0.2) is 5.91 Å². The van der Waals surface area contributed by atoms with Crippen LogP contribution in [0.15, 0.2) is 24.3 Å². The van der Waals surface area contributed by atoms with Crippen LogP contribution in [0.1, 0.15) is 38.7 Å². The summed E-state index contributed by atoms with van der Waals surface area (Å²) < 4.78 is 0. The summed E-state index contributed by atoms with van der Waals surface area (Å²) in [5, 5.41) is 3.04. The Hall–Kier alpha value is -1.02. The number of rotatable bonds is 3. The molecule has 2 rings (SSSR count). The van der Waals surface area contributed by atoms with E-state index in [2.05, 4.69) is 19.2 Å². The minimum atomic E-state index is 0.111. The third-order valence-electron chi connectivity index (χ3n) is 3.99. The number of para-hydroxylation sites is 1. The number of benzene rings is 1. The molecular formula is C15H20ClNO. The number of anilines is 1. The van der Waals surface area contributed by atoms with Crippen molar-refractivity contribution in [2.75, 3.05) is 5.32 Å². The Balaban J connectivity index is 2.12. The summed E-state index contributed by atoms with van der Waals surface area (Å²) in [6.07, 6.45) is 3.26. The molecule has 1 unspecified atom stereocenters. The molecule has 2 nitrogen and oxygen atoms in total. The highest BCUT2D eigenvalue weighted by Gasteiger charge is 2.39. The zero-order valence-corrected chi connectivity index (χ0v) is 11.8. The second-order valence-electron chi connectivity index (χ2n) is 5.71. The van der Waals surface area contributed by atoms with Crippen molar-refractivity contribution in [3.8, 4) is 0 Å². The van der Waals surface area contributed by atoms with Crippen LogP contribution in [0.4, 0.5) is 5.69 Å². The Kier molecular flexibility index (Phi) is 3.96. The Morgan fingerprint density at radius 3 is 2.78 bits per heavy atom. The highest BCUT2D eigenvalue weighted by molar-refractivity contribution is 6.17. The van der Waals surface area contributed by atoms with Gasteiger partial charge in [-0.05, 0) is 29.9 Å². The molecule has 1 atom stereocenters. The molecule has 1 fully saturated rings. The summed E-state index contributed by atoms with van der Waals surface area (Å²) in [6.45, 7) is 4.36. The average Bonchev–Trinajstić information content (AvgIpc) is 2.69. The summed E-state index contributed by atoms with van der Waals surface area (Å²) in [6, 6.07) is 7.72. The van der Waals surface area contributed by atoms with E-state index in [0.717, 1.165) is 30.5 Å². The van der Waals surface area contributed by atoms with Gasteiger partial charge in [0, 0.05) is 17.5 Å². The molecule has 0 aliphatic heterocycles. The van der Waals surface area contributed by atoms with Gasteiger partial charge in [0.15, 0.2) is 0 Å². The van der Waals surface area contributed by atoms with Gasteiger partial charge in [-0.3, -0.25) is 4.79 Å². The number of carbonyl (C=O) groups is 1. The Labute approximate surface area is 114 Å². The van der Waals surface area contributed by atoms with Gasteiger partial charge in [-0.25, -0.2) is 0 Å². The fourth-order valence-electron chi connectivity index (χ4n) is 2.79. The zero-order chi connectivity index (χ0) is 13.2. The lowest BCUT2D eigenvalue weighted by atomic mass is 9.81. The predicted octanol–water partition coefficient (Wildman–Crippen LogP) is 4.19. The second kappa shape index (κ2) is 5.31. The van der Waals surface area contributed by atoms with E-state index in [1.807, 2.05) is 24.3 Å². The maximum atomic E-state index is 12.3. The number of amides is 1. The Morgan fingerprint density at radius 2 is 2.17 bits per heavy atom. The van der Waals surface area contributed by atoms with E-state index in [1.165, 1.54) is 0 Å². The highest BCUT2D eigenvalue weighted by atomic mass is 35.5. The monoisotopic (exact) mass is 265 g/mol. The number of alkyl halides is 1. The summed E-state index contributed by atoms with van der Waals surface area (Å²) in [5.74, 6) is 0.667. The number of hydrogen-bond acceptors (Lipinski definition) is 1. The smallest absolute Gasteiger partial charge is 0.228 e. The van der Waals surface area contributed by atoms with E-state index in [9.17, 15) is 4.79 Å². The molecule has 0 spiro atoms. The molecule has 1 saturated carbocycles. The first-order chi connectivity index (χ1) is 8.54. The molecule has 0 heterocycles. The maximum absolute atomic E-state index is 12.3. The molecule has 98 valence electrons. The van der Waals surface area contributed by atoms with Crippen LogP contribution in [0.25, 0.3) is 0 Å². The molecule has 0 aromatic heterocycles. The molecule has 0 bridgehead atoms. The Bertz CT molecular complexity index is 442. The summed E-state index contributed by atoms with van der Waals surface area (Å²) in [7, 11) is 0. The van der Waals surface area contributed by atoms with Gasteiger partial charge in [0.05, 0.1) is 0 Å². The molecule has 1 amide bonds. The summed E-state index contributed by atoms with van der Waals surface area (Å²) in [4.78, 5) is 12.3. The van der Waals surface area contributed by atoms with Crippen molar-refractivity contribution in [1.82, 2.24) is 0 Å². The SMILES string of the molecule is CC1(C)CCCC1C(=O)Nc1ccccc1CCl. The largest absolute Gasteiger partial charge is 0.326 e.